The van der Waals surface area contributed by atoms with E-state index in [1.165, 1.54) is 37.7 Å². The summed E-state index contributed by atoms with van der Waals surface area (Å²) < 4.78 is 0. The Morgan fingerprint density at radius 2 is 2.04 bits per heavy atom. The van der Waals surface area contributed by atoms with Crippen molar-refractivity contribution in [3.8, 4) is 0 Å². The van der Waals surface area contributed by atoms with Crippen LogP contribution in [-0.4, -0.2) is 23.9 Å². The maximum atomic E-state index is 12.2. The van der Waals surface area contributed by atoms with Crippen molar-refractivity contribution in [3.05, 3.63) is 23.3 Å². The molecule has 3 saturated carbocycles. The van der Waals surface area contributed by atoms with Crippen LogP contribution < -0.4 is 0 Å². The highest BCUT2D eigenvalue weighted by Gasteiger charge is 2.59. The summed E-state index contributed by atoms with van der Waals surface area (Å²) in [5.74, 6) is 2.15. The predicted molar refractivity (Wildman–Crippen MR) is 94.0 cm³/mol. The smallest absolute Gasteiger partial charge is 0.246 e. The van der Waals surface area contributed by atoms with Crippen LogP contribution in [0.1, 0.15) is 52.4 Å². The molecule has 0 N–H and O–H groups in total. The van der Waals surface area contributed by atoms with E-state index in [9.17, 15) is 4.79 Å². The molecule has 1 heterocycles. The number of rotatable bonds is 0. The third-order valence-electron chi connectivity index (χ3n) is 7.97. The summed E-state index contributed by atoms with van der Waals surface area (Å²) >= 11 is 6.31. The fraction of sp³-hybridized carbons (Fsp3) is 0.750. The van der Waals surface area contributed by atoms with Gasteiger partial charge in [-0.2, -0.15) is 0 Å². The van der Waals surface area contributed by atoms with E-state index in [0.717, 1.165) is 12.3 Å². The second-order valence-electron chi connectivity index (χ2n) is 8.88. The number of hydrogen-bond donors (Lipinski definition) is 0. The van der Waals surface area contributed by atoms with Gasteiger partial charge in [0.15, 0.2) is 0 Å². The van der Waals surface area contributed by atoms with Gasteiger partial charge in [0.2, 0.25) is 5.91 Å². The first-order chi connectivity index (χ1) is 10.9. The molecule has 1 aliphatic heterocycles. The second kappa shape index (κ2) is 5.12. The predicted octanol–water partition coefficient (Wildman–Crippen LogP) is 4.75. The highest BCUT2D eigenvalue weighted by atomic mass is 35.5. The third-order valence-corrected chi connectivity index (χ3v) is 8.25. The van der Waals surface area contributed by atoms with Crippen molar-refractivity contribution in [3.63, 3.8) is 0 Å². The summed E-state index contributed by atoms with van der Waals surface area (Å²) in [7, 11) is 1.96. The first-order valence-corrected chi connectivity index (χ1v) is 9.59. The van der Waals surface area contributed by atoms with Gasteiger partial charge in [-0.25, -0.2) is 0 Å². The minimum atomic E-state index is 0.0979. The van der Waals surface area contributed by atoms with Crippen LogP contribution in [0.2, 0.25) is 0 Å². The lowest BCUT2D eigenvalue weighted by Gasteiger charge is -2.60. The first kappa shape index (κ1) is 15.7. The molecule has 0 spiro atoms. The molecule has 0 aromatic heterocycles. The molecule has 3 fully saturated rings. The van der Waals surface area contributed by atoms with E-state index in [1.54, 1.807) is 0 Å². The minimum absolute atomic E-state index is 0.0979. The van der Waals surface area contributed by atoms with E-state index in [-0.39, 0.29) is 17.4 Å². The lowest BCUT2D eigenvalue weighted by atomic mass is 9.47. The quantitative estimate of drug-likeness (QED) is 0.626. The Labute approximate surface area is 144 Å². The monoisotopic (exact) mass is 333 g/mol. The van der Waals surface area contributed by atoms with Crippen LogP contribution in [0.25, 0.3) is 0 Å². The highest BCUT2D eigenvalue weighted by molar-refractivity contribution is 6.25. The van der Waals surface area contributed by atoms with Crippen LogP contribution in [0.3, 0.4) is 0 Å². The van der Waals surface area contributed by atoms with Crippen LogP contribution in [0.15, 0.2) is 23.3 Å². The highest BCUT2D eigenvalue weighted by Crippen LogP contribution is 2.65. The second-order valence-corrected chi connectivity index (χ2v) is 9.09. The Morgan fingerprint density at radius 1 is 1.26 bits per heavy atom. The molecule has 1 unspecified atom stereocenters. The van der Waals surface area contributed by atoms with Gasteiger partial charge in [0.25, 0.3) is 0 Å². The normalized spacial score (nSPS) is 50.7. The van der Waals surface area contributed by atoms with Gasteiger partial charge < -0.3 is 4.90 Å². The van der Waals surface area contributed by atoms with Gasteiger partial charge in [-0.15, -0.1) is 0 Å². The number of amides is 1. The molecule has 0 aromatic carbocycles. The van der Waals surface area contributed by atoms with Gasteiger partial charge in [0, 0.05) is 24.0 Å². The van der Waals surface area contributed by atoms with Gasteiger partial charge >= 0.3 is 0 Å². The molecule has 0 saturated heterocycles. The molecule has 0 radical (unpaired) electrons. The molecule has 3 aliphatic carbocycles. The fourth-order valence-electron chi connectivity index (χ4n) is 6.60. The number of fused-ring (bicyclic) bond motifs is 5. The Balaban J connectivity index is 1.79. The summed E-state index contributed by atoms with van der Waals surface area (Å²) in [5, 5.41) is 0. The molecule has 2 nitrogen and oxygen atoms in total. The minimum Gasteiger partial charge on any atom is -0.338 e. The molecule has 0 aromatic rings. The van der Waals surface area contributed by atoms with Crippen molar-refractivity contribution in [2.24, 2.45) is 28.6 Å². The van der Waals surface area contributed by atoms with Crippen molar-refractivity contribution >= 4 is 17.5 Å². The standard InChI is InChI=1S/C20H28ClNO/c1-19-8-4-5-14(19)18-13(12-21)11-16-20(2,15(18)6-9-19)10-7-17(23)22(16)3/h7,10,12,14-16,18H,4-6,8-9,11H2,1-3H3/t14-,15+,16?,18-,19-,20+/m0/s1. The number of nitrogens with zero attached hydrogens (tertiary/aromatic N) is 1. The summed E-state index contributed by atoms with van der Waals surface area (Å²) in [6.07, 6.45) is 11.7. The zero-order valence-corrected chi connectivity index (χ0v) is 15.3. The van der Waals surface area contributed by atoms with E-state index < -0.39 is 0 Å². The van der Waals surface area contributed by atoms with Crippen LogP contribution in [0.5, 0.6) is 0 Å². The van der Waals surface area contributed by atoms with Crippen LogP contribution >= 0.6 is 11.6 Å². The summed E-state index contributed by atoms with van der Waals surface area (Å²) in [5.41, 5.74) is 3.88. The Kier molecular flexibility index (Phi) is 3.50. The first-order valence-electron chi connectivity index (χ1n) is 9.16. The molecule has 126 valence electrons. The lowest BCUT2D eigenvalue weighted by molar-refractivity contribution is -0.134. The summed E-state index contributed by atoms with van der Waals surface area (Å²) in [6.45, 7) is 4.89. The number of carbonyl (C=O) groups is 1. The van der Waals surface area contributed by atoms with E-state index in [4.69, 9.17) is 11.6 Å². The van der Waals surface area contributed by atoms with Gasteiger partial charge in [-0.3, -0.25) is 4.79 Å². The van der Waals surface area contributed by atoms with Crippen molar-refractivity contribution in [2.75, 3.05) is 7.05 Å². The van der Waals surface area contributed by atoms with Gasteiger partial charge in [-0.05, 0) is 61.3 Å². The van der Waals surface area contributed by atoms with E-state index >= 15 is 0 Å². The molecule has 23 heavy (non-hydrogen) atoms. The zero-order chi connectivity index (χ0) is 16.4. The van der Waals surface area contributed by atoms with E-state index in [1.807, 2.05) is 23.6 Å². The molecule has 6 atom stereocenters. The van der Waals surface area contributed by atoms with Crippen LogP contribution in [-0.2, 0) is 4.79 Å². The molecular weight excluding hydrogens is 306 g/mol. The molecule has 3 heteroatoms. The molecule has 4 aliphatic rings. The molecule has 0 bridgehead atoms. The maximum Gasteiger partial charge on any atom is 0.246 e. The lowest BCUT2D eigenvalue weighted by Crippen LogP contribution is -2.59. The molecule has 4 rings (SSSR count). The number of halogens is 1. The molecule has 1 amide bonds. The fourth-order valence-corrected chi connectivity index (χ4v) is 6.83. The Morgan fingerprint density at radius 3 is 2.78 bits per heavy atom. The average molecular weight is 334 g/mol. The summed E-state index contributed by atoms with van der Waals surface area (Å²) in [6, 6.07) is 0.261. The number of carbonyl (C=O) groups excluding carboxylic acids is 1. The van der Waals surface area contributed by atoms with Crippen molar-refractivity contribution < 1.29 is 4.79 Å². The van der Waals surface area contributed by atoms with Crippen molar-refractivity contribution in [1.29, 1.82) is 0 Å². The van der Waals surface area contributed by atoms with Gasteiger partial charge in [0.05, 0.1) is 0 Å². The van der Waals surface area contributed by atoms with Crippen molar-refractivity contribution in [1.82, 2.24) is 4.90 Å². The Hall–Kier alpha value is -0.760. The van der Waals surface area contributed by atoms with Gasteiger partial charge in [-0.1, -0.05) is 43.5 Å². The zero-order valence-electron chi connectivity index (χ0n) is 14.5. The maximum absolute atomic E-state index is 12.2. The average Bonchev–Trinajstić information content (AvgIpc) is 2.93. The largest absolute Gasteiger partial charge is 0.338 e. The SMILES string of the molecule is CN1C(=O)C=C[C@@]2(C)C1CC(=CCl)[C@@H]1[C@H]2CC[C@]2(C)CCC[C@@H]12. The number of likely N-dealkylation sites (N-methyl/N-ethyl adjacent to an activating group) is 1. The topological polar surface area (TPSA) is 20.3 Å². The van der Waals surface area contributed by atoms with Crippen LogP contribution in [0.4, 0.5) is 0 Å². The van der Waals surface area contributed by atoms with Gasteiger partial charge in [0.1, 0.15) is 0 Å². The Bertz CT molecular complexity index is 596. The number of hydrogen-bond acceptors (Lipinski definition) is 1. The van der Waals surface area contributed by atoms with Crippen molar-refractivity contribution in [2.45, 2.75) is 58.4 Å². The molecular formula is C20H28ClNO. The third kappa shape index (κ3) is 2.03. The van der Waals surface area contributed by atoms with Crippen LogP contribution in [0, 0.1) is 28.6 Å². The summed E-state index contributed by atoms with van der Waals surface area (Å²) in [4.78, 5) is 14.1. The van der Waals surface area contributed by atoms with E-state index in [2.05, 4.69) is 19.9 Å². The van der Waals surface area contributed by atoms with E-state index in [0.29, 0.717) is 17.3 Å².